The van der Waals surface area contributed by atoms with Gasteiger partial charge >= 0.3 is 0 Å². The van der Waals surface area contributed by atoms with Crippen molar-refractivity contribution in [2.24, 2.45) is 5.92 Å². The van der Waals surface area contributed by atoms with Gasteiger partial charge in [-0.3, -0.25) is 14.5 Å². The number of aliphatic hydroxyl groups is 1. The fraction of sp³-hybridized carbons (Fsp3) is 0.464. The third kappa shape index (κ3) is 4.45. The van der Waals surface area contributed by atoms with E-state index in [9.17, 15) is 9.90 Å². The number of carbonyl (C=O) groups excluding carboxylic acids is 1. The number of aliphatic hydroxyl groups excluding tert-OH is 1. The summed E-state index contributed by atoms with van der Waals surface area (Å²) in [4.78, 5) is 25.3. The minimum absolute atomic E-state index is 0.212. The molecule has 6 heterocycles. The van der Waals surface area contributed by atoms with Gasteiger partial charge in [0.05, 0.1) is 42.4 Å². The van der Waals surface area contributed by atoms with Gasteiger partial charge in [-0.1, -0.05) is 6.07 Å². The van der Waals surface area contributed by atoms with Crippen LogP contribution in [0.15, 0.2) is 43.0 Å². The number of amides is 1. The Labute approximate surface area is 225 Å². The average molecular weight is 529 g/mol. The number of nitrogens with one attached hydrogen (secondary N) is 1. The summed E-state index contributed by atoms with van der Waals surface area (Å²) in [6.45, 7) is 3.75. The highest BCUT2D eigenvalue weighted by Gasteiger charge is 2.39. The Balaban J connectivity index is 1.19. The van der Waals surface area contributed by atoms with Gasteiger partial charge in [0.25, 0.3) is 5.91 Å². The molecule has 0 unspecified atom stereocenters. The fourth-order valence-electron chi connectivity index (χ4n) is 6.11. The van der Waals surface area contributed by atoms with Crippen LogP contribution in [0.2, 0.25) is 0 Å². The number of pyridine rings is 1. The molecule has 1 saturated carbocycles. The summed E-state index contributed by atoms with van der Waals surface area (Å²) in [5, 5.41) is 21.9. The highest BCUT2D eigenvalue weighted by atomic mass is 16.5. The van der Waals surface area contributed by atoms with E-state index in [4.69, 9.17) is 14.8 Å². The van der Waals surface area contributed by atoms with Crippen molar-refractivity contribution in [1.82, 2.24) is 29.4 Å². The van der Waals surface area contributed by atoms with Gasteiger partial charge in [0.15, 0.2) is 5.65 Å². The van der Waals surface area contributed by atoms with Crippen LogP contribution >= 0.6 is 0 Å². The van der Waals surface area contributed by atoms with Gasteiger partial charge in [-0.05, 0) is 62.6 Å². The van der Waals surface area contributed by atoms with Crippen LogP contribution in [0.25, 0.3) is 17.0 Å². The number of hydrogen-bond acceptors (Lipinski definition) is 8. The summed E-state index contributed by atoms with van der Waals surface area (Å²) in [6, 6.07) is 6.40. The second kappa shape index (κ2) is 9.73. The number of ether oxygens (including phenoxy) is 1. The van der Waals surface area contributed by atoms with Crippen molar-refractivity contribution in [3.63, 3.8) is 0 Å². The first-order valence-corrected chi connectivity index (χ1v) is 13.7. The maximum atomic E-state index is 13.6. The van der Waals surface area contributed by atoms with E-state index < -0.39 is 0 Å². The molecule has 202 valence electrons. The maximum absolute atomic E-state index is 13.6. The number of carbonyl (C=O) groups is 1. The Morgan fingerprint density at radius 1 is 1.15 bits per heavy atom. The first-order valence-electron chi connectivity index (χ1n) is 13.7. The molecule has 2 bridgehead atoms. The molecule has 2 N–H and O–H groups in total. The summed E-state index contributed by atoms with van der Waals surface area (Å²) in [7, 11) is 0. The van der Waals surface area contributed by atoms with Gasteiger partial charge in [0.1, 0.15) is 17.1 Å². The lowest BCUT2D eigenvalue weighted by Gasteiger charge is -2.27. The van der Waals surface area contributed by atoms with Crippen molar-refractivity contribution in [1.29, 1.82) is 0 Å². The molecule has 0 radical (unpaired) electrons. The predicted octanol–water partition coefficient (Wildman–Crippen LogP) is 3.25. The van der Waals surface area contributed by atoms with Crippen LogP contribution in [0.5, 0.6) is 0 Å². The van der Waals surface area contributed by atoms with E-state index in [1.165, 1.54) is 0 Å². The van der Waals surface area contributed by atoms with Gasteiger partial charge in [0.2, 0.25) is 0 Å². The molecule has 3 fully saturated rings. The summed E-state index contributed by atoms with van der Waals surface area (Å²) in [5.41, 5.74) is 3.90. The molecule has 4 aromatic rings. The standard InChI is InChI=1S/C28H32N8O3/c1-17-2-7-23(29-11-17)26-24(14-36(33-26)19-5-3-18(15-37)4-6-19)31-28(38)22-12-30-35-9-8-25(32-27(22)35)34-13-21-10-20(34)16-39-21/h2,7-9,11-12,14,18-21,37H,3-6,10,13,15-16H2,1H3,(H,31,38)/t18?,19?,20-,21-/m1/s1. The zero-order chi connectivity index (χ0) is 26.5. The summed E-state index contributed by atoms with van der Waals surface area (Å²) < 4.78 is 9.33. The van der Waals surface area contributed by atoms with E-state index in [1.807, 2.05) is 42.2 Å². The Morgan fingerprint density at radius 3 is 2.74 bits per heavy atom. The van der Waals surface area contributed by atoms with E-state index in [0.717, 1.165) is 50.0 Å². The number of rotatable bonds is 6. The van der Waals surface area contributed by atoms with Crippen molar-refractivity contribution in [3.8, 4) is 11.4 Å². The van der Waals surface area contributed by atoms with E-state index in [2.05, 4.69) is 20.3 Å². The van der Waals surface area contributed by atoms with Crippen molar-refractivity contribution < 1.29 is 14.6 Å². The molecule has 39 heavy (non-hydrogen) atoms. The Kier molecular flexibility index (Phi) is 6.04. The molecule has 2 aliphatic heterocycles. The van der Waals surface area contributed by atoms with Crippen molar-refractivity contribution in [3.05, 3.63) is 54.1 Å². The Bertz CT molecular complexity index is 1510. The molecule has 3 aliphatic rings. The first-order chi connectivity index (χ1) is 19.1. The summed E-state index contributed by atoms with van der Waals surface area (Å²) >= 11 is 0. The minimum atomic E-state index is -0.294. The molecular formula is C28H32N8O3. The maximum Gasteiger partial charge on any atom is 0.261 e. The van der Waals surface area contributed by atoms with E-state index in [-0.39, 0.29) is 24.7 Å². The van der Waals surface area contributed by atoms with Crippen LogP contribution in [0.3, 0.4) is 0 Å². The number of aromatic nitrogens is 6. The normalized spacial score (nSPS) is 24.5. The number of nitrogens with zero attached hydrogens (tertiary/aromatic N) is 7. The molecule has 11 nitrogen and oxygen atoms in total. The van der Waals surface area contributed by atoms with Crippen LogP contribution in [-0.4, -0.2) is 72.3 Å². The van der Waals surface area contributed by atoms with Crippen LogP contribution < -0.4 is 10.2 Å². The van der Waals surface area contributed by atoms with E-state index in [1.54, 1.807) is 16.9 Å². The lowest BCUT2D eigenvalue weighted by atomic mass is 9.87. The van der Waals surface area contributed by atoms with Crippen LogP contribution in [0.4, 0.5) is 11.5 Å². The molecular weight excluding hydrogens is 496 g/mol. The molecule has 2 atom stereocenters. The van der Waals surface area contributed by atoms with Crippen LogP contribution in [0, 0.1) is 12.8 Å². The number of fused-ring (bicyclic) bond motifs is 3. The lowest BCUT2D eigenvalue weighted by Crippen LogP contribution is -2.37. The van der Waals surface area contributed by atoms with Crippen molar-refractivity contribution >= 4 is 23.1 Å². The quantitative estimate of drug-likeness (QED) is 0.391. The number of aryl methyl sites for hydroxylation is 1. The summed E-state index contributed by atoms with van der Waals surface area (Å²) in [6.07, 6.45) is 12.2. The van der Waals surface area contributed by atoms with Gasteiger partial charge in [-0.2, -0.15) is 10.2 Å². The highest BCUT2D eigenvalue weighted by Crippen LogP contribution is 2.35. The third-order valence-corrected chi connectivity index (χ3v) is 8.38. The monoisotopic (exact) mass is 528 g/mol. The van der Waals surface area contributed by atoms with Crippen molar-refractivity contribution in [2.75, 3.05) is 30.0 Å². The summed E-state index contributed by atoms with van der Waals surface area (Å²) in [5.74, 6) is 0.895. The molecule has 7 rings (SSSR count). The molecule has 4 aromatic heterocycles. The molecule has 11 heteroatoms. The molecule has 0 aromatic carbocycles. The van der Waals surface area contributed by atoms with Gasteiger partial charge in [-0.15, -0.1) is 0 Å². The average Bonchev–Trinajstić information content (AvgIpc) is 3.77. The smallest absolute Gasteiger partial charge is 0.261 e. The van der Waals surface area contributed by atoms with Gasteiger partial charge in [-0.25, -0.2) is 9.50 Å². The zero-order valence-electron chi connectivity index (χ0n) is 21.9. The van der Waals surface area contributed by atoms with E-state index in [0.29, 0.717) is 46.9 Å². The molecule has 2 saturated heterocycles. The van der Waals surface area contributed by atoms with Gasteiger partial charge in [0, 0.05) is 31.7 Å². The second-order valence-electron chi connectivity index (χ2n) is 11.0. The number of anilines is 2. The lowest BCUT2D eigenvalue weighted by molar-refractivity contribution is 0.0988. The molecule has 1 aliphatic carbocycles. The first kappa shape index (κ1) is 24.2. The van der Waals surface area contributed by atoms with E-state index >= 15 is 0 Å². The Hall–Kier alpha value is -3.83. The largest absolute Gasteiger partial charge is 0.396 e. The number of hydrogen-bond donors (Lipinski definition) is 2. The Morgan fingerprint density at radius 2 is 2.03 bits per heavy atom. The van der Waals surface area contributed by atoms with Crippen LogP contribution in [-0.2, 0) is 4.74 Å². The topological polar surface area (TPSA) is 123 Å². The van der Waals surface area contributed by atoms with Crippen LogP contribution in [0.1, 0.15) is 54.1 Å². The fourth-order valence-corrected chi connectivity index (χ4v) is 6.11. The SMILES string of the molecule is Cc1ccc(-c2nn(C3CCC(CO)CC3)cc2NC(=O)c2cnn3ccc(N4C[C@H]5C[C@@H]4CO5)nc23)nc1. The second-order valence-corrected chi connectivity index (χ2v) is 11.0. The highest BCUT2D eigenvalue weighted by molar-refractivity contribution is 6.09. The van der Waals surface area contributed by atoms with Crippen molar-refractivity contribution in [2.45, 2.75) is 57.2 Å². The molecule has 0 spiro atoms. The minimum Gasteiger partial charge on any atom is -0.396 e. The zero-order valence-corrected chi connectivity index (χ0v) is 21.9. The predicted molar refractivity (Wildman–Crippen MR) is 145 cm³/mol. The molecule has 1 amide bonds. The van der Waals surface area contributed by atoms with Gasteiger partial charge < -0.3 is 20.1 Å². The third-order valence-electron chi connectivity index (χ3n) is 8.38. The number of morpholine rings is 1.